The number of aliphatic hydroxyl groups is 1. The van der Waals surface area contributed by atoms with E-state index in [1.54, 1.807) is 6.20 Å². The van der Waals surface area contributed by atoms with Crippen molar-refractivity contribution >= 4 is 11.3 Å². The normalized spacial score (nSPS) is 31.7. The standard InChI is InChI=1S/C6H7NO2S/c8-4-3-9-5(4)6-7-1-2-10-6/h1-2,4-5,8H,3H2/t4-,5-/m0/s1. The van der Waals surface area contributed by atoms with Gasteiger partial charge < -0.3 is 9.84 Å². The van der Waals surface area contributed by atoms with Crippen LogP contribution in [0.4, 0.5) is 0 Å². The highest BCUT2D eigenvalue weighted by Gasteiger charge is 2.33. The molecule has 0 aromatic carbocycles. The summed E-state index contributed by atoms with van der Waals surface area (Å²) in [6.07, 6.45) is 1.22. The molecule has 1 saturated heterocycles. The van der Waals surface area contributed by atoms with E-state index in [9.17, 15) is 0 Å². The molecule has 0 amide bonds. The lowest BCUT2D eigenvalue weighted by atomic mass is 10.1. The lowest BCUT2D eigenvalue weighted by Crippen LogP contribution is -2.37. The van der Waals surface area contributed by atoms with Crippen LogP contribution in [0.3, 0.4) is 0 Å². The Morgan fingerprint density at radius 2 is 2.70 bits per heavy atom. The Labute approximate surface area is 62.3 Å². The van der Waals surface area contributed by atoms with Crippen LogP contribution in [0.2, 0.25) is 0 Å². The Morgan fingerprint density at radius 3 is 3.10 bits per heavy atom. The Bertz CT molecular complexity index is 212. The third-order valence-electron chi connectivity index (χ3n) is 1.49. The molecule has 10 heavy (non-hydrogen) atoms. The van der Waals surface area contributed by atoms with E-state index in [4.69, 9.17) is 9.84 Å². The van der Waals surface area contributed by atoms with E-state index in [0.29, 0.717) is 6.61 Å². The number of hydrogen-bond donors (Lipinski definition) is 1. The Balaban J connectivity index is 2.14. The molecule has 1 aromatic heterocycles. The summed E-state index contributed by atoms with van der Waals surface area (Å²) >= 11 is 1.51. The van der Waals surface area contributed by atoms with Crippen molar-refractivity contribution in [1.29, 1.82) is 0 Å². The number of aliphatic hydroxyl groups excluding tert-OH is 1. The maximum atomic E-state index is 9.12. The predicted octanol–water partition coefficient (Wildman–Crippen LogP) is 0.575. The van der Waals surface area contributed by atoms with Crippen molar-refractivity contribution in [1.82, 2.24) is 4.98 Å². The highest BCUT2D eigenvalue weighted by Crippen LogP contribution is 2.30. The van der Waals surface area contributed by atoms with Gasteiger partial charge in [-0.05, 0) is 0 Å². The quantitative estimate of drug-likeness (QED) is 0.648. The van der Waals surface area contributed by atoms with Gasteiger partial charge in [-0.3, -0.25) is 0 Å². The fourth-order valence-corrected chi connectivity index (χ4v) is 1.63. The number of nitrogens with zero attached hydrogens (tertiary/aromatic N) is 1. The molecule has 2 heterocycles. The molecule has 0 saturated carbocycles. The van der Waals surface area contributed by atoms with Crippen molar-refractivity contribution in [2.24, 2.45) is 0 Å². The molecule has 3 nitrogen and oxygen atoms in total. The predicted molar refractivity (Wildman–Crippen MR) is 36.8 cm³/mol. The molecule has 1 aliphatic heterocycles. The summed E-state index contributed by atoms with van der Waals surface area (Å²) < 4.78 is 5.09. The van der Waals surface area contributed by atoms with Gasteiger partial charge in [-0.2, -0.15) is 0 Å². The summed E-state index contributed by atoms with van der Waals surface area (Å²) in [4.78, 5) is 4.02. The molecule has 2 atom stereocenters. The van der Waals surface area contributed by atoms with Gasteiger partial charge in [-0.25, -0.2) is 4.98 Å². The van der Waals surface area contributed by atoms with Gasteiger partial charge in [0, 0.05) is 11.6 Å². The Hall–Kier alpha value is -0.450. The van der Waals surface area contributed by atoms with Crippen LogP contribution in [0, 0.1) is 0 Å². The van der Waals surface area contributed by atoms with Crippen LogP contribution in [0.5, 0.6) is 0 Å². The van der Waals surface area contributed by atoms with Crippen molar-refractivity contribution in [3.8, 4) is 0 Å². The molecule has 2 rings (SSSR count). The molecule has 1 fully saturated rings. The SMILES string of the molecule is O[C@H]1CO[C@@H]1c1nccs1. The first-order chi connectivity index (χ1) is 4.88. The minimum absolute atomic E-state index is 0.153. The van der Waals surface area contributed by atoms with Gasteiger partial charge in [0.05, 0.1) is 6.61 Å². The summed E-state index contributed by atoms with van der Waals surface area (Å²) in [5.41, 5.74) is 0. The zero-order valence-corrected chi connectivity index (χ0v) is 6.04. The first kappa shape index (κ1) is 6.27. The van der Waals surface area contributed by atoms with Gasteiger partial charge in [0.25, 0.3) is 0 Å². The second kappa shape index (κ2) is 2.30. The van der Waals surface area contributed by atoms with Crippen molar-refractivity contribution < 1.29 is 9.84 Å². The van der Waals surface area contributed by atoms with Gasteiger partial charge in [0.2, 0.25) is 0 Å². The first-order valence-corrected chi connectivity index (χ1v) is 3.95. The van der Waals surface area contributed by atoms with E-state index in [1.165, 1.54) is 11.3 Å². The van der Waals surface area contributed by atoms with E-state index in [0.717, 1.165) is 5.01 Å². The minimum Gasteiger partial charge on any atom is -0.388 e. The number of hydrogen-bond acceptors (Lipinski definition) is 4. The molecule has 4 heteroatoms. The maximum absolute atomic E-state index is 9.12. The minimum atomic E-state index is -0.342. The molecule has 0 bridgehead atoms. The van der Waals surface area contributed by atoms with E-state index in [2.05, 4.69) is 4.98 Å². The molecule has 0 spiro atoms. The smallest absolute Gasteiger partial charge is 0.137 e. The lowest BCUT2D eigenvalue weighted by molar-refractivity contribution is -0.165. The number of ether oxygens (including phenoxy) is 1. The van der Waals surface area contributed by atoms with E-state index >= 15 is 0 Å². The third kappa shape index (κ3) is 0.847. The van der Waals surface area contributed by atoms with Gasteiger partial charge in [-0.1, -0.05) is 0 Å². The summed E-state index contributed by atoms with van der Waals surface area (Å²) in [5, 5.41) is 11.9. The second-order valence-electron chi connectivity index (χ2n) is 2.19. The number of aromatic nitrogens is 1. The molecular formula is C6H7NO2S. The summed E-state index contributed by atoms with van der Waals surface area (Å²) in [6, 6.07) is 0. The van der Waals surface area contributed by atoms with E-state index in [-0.39, 0.29) is 12.2 Å². The zero-order chi connectivity index (χ0) is 6.97. The second-order valence-corrected chi connectivity index (χ2v) is 3.12. The Morgan fingerprint density at radius 1 is 1.80 bits per heavy atom. The van der Waals surface area contributed by atoms with Crippen LogP contribution in [0.25, 0.3) is 0 Å². The molecule has 0 aliphatic carbocycles. The van der Waals surface area contributed by atoms with Crippen LogP contribution in [0.1, 0.15) is 11.1 Å². The molecular weight excluding hydrogens is 150 g/mol. The van der Waals surface area contributed by atoms with Crippen molar-refractivity contribution in [2.75, 3.05) is 6.61 Å². The number of thiazole rings is 1. The van der Waals surface area contributed by atoms with Gasteiger partial charge in [0.15, 0.2) is 0 Å². The van der Waals surface area contributed by atoms with Crippen LogP contribution >= 0.6 is 11.3 Å². The zero-order valence-electron chi connectivity index (χ0n) is 5.23. The van der Waals surface area contributed by atoms with Crippen LogP contribution in [0.15, 0.2) is 11.6 Å². The highest BCUT2D eigenvalue weighted by molar-refractivity contribution is 7.09. The topological polar surface area (TPSA) is 42.4 Å². The van der Waals surface area contributed by atoms with Crippen molar-refractivity contribution in [2.45, 2.75) is 12.2 Å². The van der Waals surface area contributed by atoms with Crippen molar-refractivity contribution in [3.63, 3.8) is 0 Å². The summed E-state index contributed by atoms with van der Waals surface area (Å²) in [5.74, 6) is 0. The van der Waals surface area contributed by atoms with E-state index in [1.807, 2.05) is 5.38 Å². The summed E-state index contributed by atoms with van der Waals surface area (Å²) in [6.45, 7) is 0.449. The van der Waals surface area contributed by atoms with Crippen LogP contribution in [-0.2, 0) is 4.74 Å². The monoisotopic (exact) mass is 157 g/mol. The van der Waals surface area contributed by atoms with Crippen molar-refractivity contribution in [3.05, 3.63) is 16.6 Å². The average molecular weight is 157 g/mol. The largest absolute Gasteiger partial charge is 0.388 e. The van der Waals surface area contributed by atoms with Gasteiger partial charge >= 0.3 is 0 Å². The average Bonchev–Trinajstić information content (AvgIpc) is 2.37. The first-order valence-electron chi connectivity index (χ1n) is 3.07. The van der Waals surface area contributed by atoms with Gasteiger partial charge in [0.1, 0.15) is 17.2 Å². The summed E-state index contributed by atoms with van der Waals surface area (Å²) in [7, 11) is 0. The van der Waals surface area contributed by atoms with Gasteiger partial charge in [-0.15, -0.1) is 11.3 Å². The van der Waals surface area contributed by atoms with Crippen LogP contribution in [-0.4, -0.2) is 22.8 Å². The third-order valence-corrected chi connectivity index (χ3v) is 2.33. The molecule has 54 valence electrons. The maximum Gasteiger partial charge on any atom is 0.137 e. The van der Waals surface area contributed by atoms with Crippen LogP contribution < -0.4 is 0 Å². The lowest BCUT2D eigenvalue weighted by Gasteiger charge is -2.30. The van der Waals surface area contributed by atoms with E-state index < -0.39 is 0 Å². The fourth-order valence-electron chi connectivity index (χ4n) is 0.889. The molecule has 1 N–H and O–H groups in total. The highest BCUT2D eigenvalue weighted by atomic mass is 32.1. The number of rotatable bonds is 1. The molecule has 1 aromatic rings. The molecule has 0 radical (unpaired) electrons. The molecule has 1 aliphatic rings. The Kier molecular flexibility index (Phi) is 1.44. The molecule has 0 unspecified atom stereocenters. The fraction of sp³-hybridized carbons (Fsp3) is 0.500.